The smallest absolute Gasteiger partial charge is 0.154 e. The Morgan fingerprint density at radius 3 is 2.31 bits per heavy atom. The number of aldehydes is 1. The summed E-state index contributed by atoms with van der Waals surface area (Å²) in [6, 6.07) is 1.59. The van der Waals surface area contributed by atoms with E-state index in [1.165, 1.54) is 0 Å². The molecule has 2 nitrogen and oxygen atoms in total. The van der Waals surface area contributed by atoms with Gasteiger partial charge < -0.3 is 0 Å². The summed E-state index contributed by atoms with van der Waals surface area (Å²) in [7, 11) is 0. The molecule has 4 heteroatoms. The fraction of sp³-hybridized carbons (Fsp3) is 0.333. The molecule has 0 N–H and O–H groups in total. The molecule has 0 atom stereocenters. The fourth-order valence-corrected chi connectivity index (χ4v) is 1.33. The first-order chi connectivity index (χ1) is 6.15. The van der Waals surface area contributed by atoms with Crippen molar-refractivity contribution in [3.8, 4) is 0 Å². The first-order valence-corrected chi connectivity index (χ1v) is 4.68. The Morgan fingerprint density at radius 1 is 1.38 bits per heavy atom. The van der Waals surface area contributed by atoms with Crippen LogP contribution in [0.1, 0.15) is 29.9 Å². The zero-order chi connectivity index (χ0) is 10.4. The predicted octanol–water partition coefficient (Wildman–Crippen LogP) is 3.54. The topological polar surface area (TPSA) is 30.0 Å². The van der Waals surface area contributed by atoms with Gasteiger partial charge in [0.15, 0.2) is 6.29 Å². The molecular weight excluding hydrogens is 209 g/mol. The van der Waals surface area contributed by atoms with E-state index in [4.69, 9.17) is 23.2 Å². The molecule has 1 rings (SSSR count). The second-order valence-corrected chi connectivity index (χ2v) is 2.83. The molecule has 0 bridgehead atoms. The first kappa shape index (κ1) is 12.4. The molecule has 0 fully saturated rings. The van der Waals surface area contributed by atoms with Crippen LogP contribution in [0.15, 0.2) is 6.07 Å². The number of carbonyl (C=O) groups is 1. The lowest BCUT2D eigenvalue weighted by molar-refractivity contribution is 0.112. The van der Waals surface area contributed by atoms with Crippen molar-refractivity contribution in [2.45, 2.75) is 20.8 Å². The Labute approximate surface area is 87.9 Å². The lowest BCUT2D eigenvalue weighted by Crippen LogP contribution is -1.90. The van der Waals surface area contributed by atoms with Gasteiger partial charge in [0.2, 0.25) is 0 Å². The number of halogens is 2. The second-order valence-electron chi connectivity index (χ2n) is 2.07. The quantitative estimate of drug-likeness (QED) is 0.535. The van der Waals surface area contributed by atoms with Crippen LogP contribution in [0.3, 0.4) is 0 Å². The van der Waals surface area contributed by atoms with Gasteiger partial charge in [-0.1, -0.05) is 37.0 Å². The molecule has 0 aromatic carbocycles. The lowest BCUT2D eigenvalue weighted by Gasteiger charge is -1.99. The van der Waals surface area contributed by atoms with E-state index in [0.717, 1.165) is 0 Å². The minimum Gasteiger partial charge on any atom is -0.298 e. The van der Waals surface area contributed by atoms with Crippen LogP contribution in [0.4, 0.5) is 0 Å². The van der Waals surface area contributed by atoms with E-state index in [0.29, 0.717) is 17.0 Å². The normalized spacial score (nSPS) is 8.69. The van der Waals surface area contributed by atoms with E-state index in [9.17, 15) is 4.79 Å². The zero-order valence-corrected chi connectivity index (χ0v) is 9.28. The number of nitrogens with zero attached hydrogens (tertiary/aromatic N) is 1. The van der Waals surface area contributed by atoms with Crippen LogP contribution < -0.4 is 0 Å². The minimum atomic E-state index is 0.157. The molecule has 0 aliphatic carbocycles. The highest BCUT2D eigenvalue weighted by atomic mass is 35.5. The lowest BCUT2D eigenvalue weighted by atomic mass is 10.3. The molecule has 0 saturated carbocycles. The number of carbonyl (C=O) groups excluding carboxylic acids is 1. The summed E-state index contributed by atoms with van der Waals surface area (Å²) < 4.78 is 0. The van der Waals surface area contributed by atoms with Crippen molar-refractivity contribution in [1.82, 2.24) is 4.98 Å². The van der Waals surface area contributed by atoms with Gasteiger partial charge in [0.1, 0.15) is 5.15 Å². The molecule has 13 heavy (non-hydrogen) atoms. The van der Waals surface area contributed by atoms with Gasteiger partial charge in [-0.25, -0.2) is 4.98 Å². The summed E-state index contributed by atoms with van der Waals surface area (Å²) in [4.78, 5) is 14.2. The van der Waals surface area contributed by atoms with Gasteiger partial charge in [0, 0.05) is 5.69 Å². The third kappa shape index (κ3) is 3.33. The molecule has 0 saturated heterocycles. The molecule has 1 aromatic heterocycles. The largest absolute Gasteiger partial charge is 0.298 e. The summed E-state index contributed by atoms with van der Waals surface area (Å²) in [5.74, 6) is 0. The second kappa shape index (κ2) is 5.95. The van der Waals surface area contributed by atoms with E-state index in [1.807, 2.05) is 13.8 Å². The van der Waals surface area contributed by atoms with Gasteiger partial charge in [0.25, 0.3) is 0 Å². The van der Waals surface area contributed by atoms with Crippen LogP contribution in [0.25, 0.3) is 0 Å². The molecule has 72 valence electrons. The van der Waals surface area contributed by atoms with Crippen molar-refractivity contribution in [3.05, 3.63) is 27.5 Å². The Hall–Kier alpha value is -0.600. The van der Waals surface area contributed by atoms with E-state index in [2.05, 4.69) is 4.98 Å². The average Bonchev–Trinajstić information content (AvgIpc) is 2.07. The summed E-state index contributed by atoms with van der Waals surface area (Å²) in [5, 5.41) is 0.502. The summed E-state index contributed by atoms with van der Waals surface area (Å²) in [6.45, 7) is 5.76. The highest BCUT2D eigenvalue weighted by molar-refractivity contribution is 6.37. The van der Waals surface area contributed by atoms with Crippen LogP contribution in [0.2, 0.25) is 10.2 Å². The van der Waals surface area contributed by atoms with E-state index in [-0.39, 0.29) is 10.7 Å². The van der Waals surface area contributed by atoms with Crippen LogP contribution in [-0.4, -0.2) is 11.3 Å². The van der Waals surface area contributed by atoms with Crippen LogP contribution >= 0.6 is 23.2 Å². The van der Waals surface area contributed by atoms with E-state index >= 15 is 0 Å². The average molecular weight is 220 g/mol. The molecule has 0 aliphatic heterocycles. The number of hydrogen-bond donors (Lipinski definition) is 0. The molecule has 0 spiro atoms. The van der Waals surface area contributed by atoms with Crippen molar-refractivity contribution < 1.29 is 4.79 Å². The minimum absolute atomic E-state index is 0.157. The highest BCUT2D eigenvalue weighted by Gasteiger charge is 2.05. The van der Waals surface area contributed by atoms with E-state index in [1.54, 1.807) is 13.0 Å². The molecule has 0 amide bonds. The number of pyridine rings is 1. The SMILES string of the molecule is CC.Cc1cc(Cl)c(C=O)c(Cl)n1. The fourth-order valence-electron chi connectivity index (χ4n) is 0.712. The van der Waals surface area contributed by atoms with Crippen molar-refractivity contribution in [1.29, 1.82) is 0 Å². The highest BCUT2D eigenvalue weighted by Crippen LogP contribution is 2.21. The van der Waals surface area contributed by atoms with Crippen LogP contribution in [0.5, 0.6) is 0 Å². The standard InChI is InChI=1S/C7H5Cl2NO.C2H6/c1-4-2-6(8)5(3-11)7(9)10-4;1-2/h2-3H,1H3;1-2H3. The van der Waals surface area contributed by atoms with Crippen molar-refractivity contribution in [2.24, 2.45) is 0 Å². The maximum Gasteiger partial charge on any atom is 0.154 e. The van der Waals surface area contributed by atoms with Gasteiger partial charge in [-0.05, 0) is 13.0 Å². The third-order valence-electron chi connectivity index (χ3n) is 1.21. The first-order valence-electron chi connectivity index (χ1n) is 3.93. The Bertz CT molecular complexity index is 277. The van der Waals surface area contributed by atoms with Crippen LogP contribution in [-0.2, 0) is 0 Å². The molecule has 0 unspecified atom stereocenters. The summed E-state index contributed by atoms with van der Waals surface area (Å²) in [5.41, 5.74) is 0.949. The molecule has 0 aliphatic rings. The summed E-state index contributed by atoms with van der Waals surface area (Å²) >= 11 is 11.3. The maximum absolute atomic E-state index is 10.4. The van der Waals surface area contributed by atoms with Crippen LogP contribution in [0, 0.1) is 6.92 Å². The van der Waals surface area contributed by atoms with Gasteiger partial charge >= 0.3 is 0 Å². The number of hydrogen-bond acceptors (Lipinski definition) is 2. The van der Waals surface area contributed by atoms with Crippen molar-refractivity contribution >= 4 is 29.5 Å². The van der Waals surface area contributed by atoms with E-state index < -0.39 is 0 Å². The third-order valence-corrected chi connectivity index (χ3v) is 1.81. The van der Waals surface area contributed by atoms with Gasteiger partial charge in [-0.15, -0.1) is 0 Å². The number of rotatable bonds is 1. The molecule has 1 aromatic rings. The van der Waals surface area contributed by atoms with Crippen molar-refractivity contribution in [2.75, 3.05) is 0 Å². The Balaban J connectivity index is 0.000000671. The summed E-state index contributed by atoms with van der Waals surface area (Å²) in [6.07, 6.45) is 0.594. The molecule has 0 radical (unpaired) electrons. The Kier molecular flexibility index (Phi) is 5.67. The monoisotopic (exact) mass is 219 g/mol. The maximum atomic E-state index is 10.4. The predicted molar refractivity (Wildman–Crippen MR) is 55.7 cm³/mol. The number of aryl methyl sites for hydroxylation is 1. The molecule has 1 heterocycles. The Morgan fingerprint density at radius 2 is 1.92 bits per heavy atom. The van der Waals surface area contributed by atoms with Crippen molar-refractivity contribution in [3.63, 3.8) is 0 Å². The zero-order valence-electron chi connectivity index (χ0n) is 7.77. The van der Waals surface area contributed by atoms with Gasteiger partial charge in [0.05, 0.1) is 10.6 Å². The van der Waals surface area contributed by atoms with Gasteiger partial charge in [-0.2, -0.15) is 0 Å². The van der Waals surface area contributed by atoms with Gasteiger partial charge in [-0.3, -0.25) is 4.79 Å². The molecular formula is C9H11Cl2NO. The number of aromatic nitrogens is 1.